The maximum atomic E-state index is 10.7. The van der Waals surface area contributed by atoms with Crippen LogP contribution in [0.2, 0.25) is 0 Å². The second-order valence-corrected chi connectivity index (χ2v) is 9.89. The average Bonchev–Trinajstić information content (AvgIpc) is 3.04. The van der Waals surface area contributed by atoms with Gasteiger partial charge in [-0.05, 0) is 53.3 Å². The monoisotopic (exact) mass is 397 g/mol. The van der Waals surface area contributed by atoms with Crippen molar-refractivity contribution >= 4 is 11.8 Å². The molecule has 3 rings (SSSR count). The summed E-state index contributed by atoms with van der Waals surface area (Å²) in [5, 5.41) is 30.1. The van der Waals surface area contributed by atoms with E-state index in [1.54, 1.807) is 18.5 Å². The van der Waals surface area contributed by atoms with E-state index in [4.69, 9.17) is 0 Å². The lowest BCUT2D eigenvalue weighted by Gasteiger charge is -2.33. The minimum Gasteiger partial charge on any atom is -0.508 e. The fourth-order valence-corrected chi connectivity index (χ4v) is 4.63. The van der Waals surface area contributed by atoms with Gasteiger partial charge in [0.1, 0.15) is 17.8 Å². The highest BCUT2D eigenvalue weighted by Gasteiger charge is 2.30. The second-order valence-electron chi connectivity index (χ2n) is 8.88. The molecule has 0 aliphatic carbocycles. The minimum atomic E-state index is -0.271. The average molecular weight is 398 g/mol. The normalized spacial score (nSPS) is 12.3. The zero-order chi connectivity index (χ0) is 20.5. The number of aromatic hydroxyl groups is 2. The topological polar surface area (TPSA) is 71.2 Å². The number of hydrogen-bond acceptors (Lipinski definition) is 5. The van der Waals surface area contributed by atoms with Gasteiger partial charge in [-0.1, -0.05) is 52.8 Å². The lowest BCUT2D eigenvalue weighted by molar-refractivity contribution is 0.277. The Kier molecular flexibility index (Phi) is 5.44. The van der Waals surface area contributed by atoms with Crippen LogP contribution in [0.4, 0.5) is 0 Å². The molecule has 0 amide bonds. The molecule has 2 aromatic carbocycles. The van der Waals surface area contributed by atoms with Crippen LogP contribution in [0.25, 0.3) is 5.69 Å². The SMILES string of the molecule is CC(C)(C)CC(C)(C)c1cc(O)c(Sc2nncn2-c2ccccc2)cc1O. The quantitative estimate of drug-likeness (QED) is 0.553. The summed E-state index contributed by atoms with van der Waals surface area (Å²) >= 11 is 1.27. The fraction of sp³-hybridized carbons (Fsp3) is 0.364. The van der Waals surface area contributed by atoms with Gasteiger partial charge >= 0.3 is 0 Å². The van der Waals surface area contributed by atoms with Crippen LogP contribution in [0, 0.1) is 5.41 Å². The first-order chi connectivity index (χ1) is 13.1. The molecule has 0 aliphatic heterocycles. The molecular weight excluding hydrogens is 370 g/mol. The minimum absolute atomic E-state index is 0.102. The predicted octanol–water partition coefficient (Wildman–Crippen LogP) is 5.54. The zero-order valence-electron chi connectivity index (χ0n) is 17.0. The molecule has 0 saturated heterocycles. The Morgan fingerprint density at radius 3 is 2.29 bits per heavy atom. The number of phenolic OH excluding ortho intramolecular Hbond substituents is 2. The highest BCUT2D eigenvalue weighted by molar-refractivity contribution is 7.99. The molecule has 0 unspecified atom stereocenters. The van der Waals surface area contributed by atoms with Crippen molar-refractivity contribution in [3.8, 4) is 17.2 Å². The summed E-state index contributed by atoms with van der Waals surface area (Å²) in [5.41, 5.74) is 1.51. The van der Waals surface area contributed by atoms with Gasteiger partial charge in [0, 0.05) is 11.3 Å². The molecule has 0 fully saturated rings. The summed E-state index contributed by atoms with van der Waals surface area (Å²) in [6, 6.07) is 13.0. The van der Waals surface area contributed by atoms with Gasteiger partial charge in [0.15, 0.2) is 0 Å². The van der Waals surface area contributed by atoms with Crippen molar-refractivity contribution in [1.82, 2.24) is 14.8 Å². The van der Waals surface area contributed by atoms with E-state index in [0.717, 1.165) is 17.7 Å². The van der Waals surface area contributed by atoms with E-state index >= 15 is 0 Å². The molecule has 0 saturated carbocycles. The third-order valence-electron chi connectivity index (χ3n) is 4.53. The van der Waals surface area contributed by atoms with Crippen LogP contribution in [-0.2, 0) is 5.41 Å². The van der Waals surface area contributed by atoms with Gasteiger partial charge < -0.3 is 10.2 Å². The van der Waals surface area contributed by atoms with Crippen LogP contribution >= 0.6 is 11.8 Å². The van der Waals surface area contributed by atoms with Gasteiger partial charge in [0.2, 0.25) is 5.16 Å². The van der Waals surface area contributed by atoms with Crippen molar-refractivity contribution in [1.29, 1.82) is 0 Å². The van der Waals surface area contributed by atoms with Crippen molar-refractivity contribution in [3.63, 3.8) is 0 Å². The van der Waals surface area contributed by atoms with Crippen LogP contribution in [-0.4, -0.2) is 25.0 Å². The largest absolute Gasteiger partial charge is 0.508 e. The van der Waals surface area contributed by atoms with Crippen LogP contribution in [0.3, 0.4) is 0 Å². The summed E-state index contributed by atoms with van der Waals surface area (Å²) in [5.74, 6) is 0.308. The molecular formula is C22H27N3O2S. The van der Waals surface area contributed by atoms with Gasteiger partial charge in [0.05, 0.1) is 4.90 Å². The fourth-order valence-electron chi connectivity index (χ4n) is 3.76. The Morgan fingerprint density at radius 1 is 0.964 bits per heavy atom. The summed E-state index contributed by atoms with van der Waals surface area (Å²) in [7, 11) is 0. The van der Waals surface area contributed by atoms with Crippen molar-refractivity contribution in [2.45, 2.75) is 56.5 Å². The van der Waals surface area contributed by atoms with E-state index in [2.05, 4.69) is 44.8 Å². The highest BCUT2D eigenvalue weighted by atomic mass is 32.2. The van der Waals surface area contributed by atoms with E-state index in [1.165, 1.54) is 11.8 Å². The number of para-hydroxylation sites is 1. The number of aromatic nitrogens is 3. The molecule has 6 heteroatoms. The Morgan fingerprint density at radius 2 is 1.64 bits per heavy atom. The van der Waals surface area contributed by atoms with Crippen molar-refractivity contribution < 1.29 is 10.2 Å². The van der Waals surface area contributed by atoms with Crippen molar-refractivity contribution in [3.05, 3.63) is 54.4 Å². The molecule has 0 radical (unpaired) electrons. The van der Waals surface area contributed by atoms with Crippen LogP contribution in [0.5, 0.6) is 11.5 Å². The lowest BCUT2D eigenvalue weighted by Crippen LogP contribution is -2.24. The first kappa shape index (κ1) is 20.3. The van der Waals surface area contributed by atoms with Crippen molar-refractivity contribution in [2.24, 2.45) is 5.41 Å². The highest BCUT2D eigenvalue weighted by Crippen LogP contribution is 2.45. The summed E-state index contributed by atoms with van der Waals surface area (Å²) in [6.07, 6.45) is 2.51. The third-order valence-corrected chi connectivity index (χ3v) is 5.54. The van der Waals surface area contributed by atoms with Gasteiger partial charge in [-0.2, -0.15) is 0 Å². The smallest absolute Gasteiger partial charge is 0.200 e. The molecule has 0 bridgehead atoms. The Bertz CT molecular complexity index is 960. The summed E-state index contributed by atoms with van der Waals surface area (Å²) < 4.78 is 1.85. The number of phenols is 2. The standard InChI is InChI=1S/C22H27N3O2S/c1-21(2,3)13-22(4,5)16-11-18(27)19(12-17(16)26)28-20-24-23-14-25(20)15-9-7-6-8-10-15/h6-12,14,26-27H,13H2,1-5H3. The Hall–Kier alpha value is -2.47. The Labute approximate surface area is 170 Å². The van der Waals surface area contributed by atoms with Crippen LogP contribution in [0.1, 0.15) is 46.6 Å². The molecule has 0 spiro atoms. The Balaban J connectivity index is 1.92. The van der Waals surface area contributed by atoms with E-state index in [9.17, 15) is 10.2 Å². The molecule has 28 heavy (non-hydrogen) atoms. The molecule has 5 nitrogen and oxygen atoms in total. The molecule has 3 aromatic rings. The van der Waals surface area contributed by atoms with E-state index < -0.39 is 0 Å². The first-order valence-corrected chi connectivity index (χ1v) is 10.1. The van der Waals surface area contributed by atoms with E-state index in [0.29, 0.717) is 10.1 Å². The molecule has 1 heterocycles. The third kappa shape index (κ3) is 4.50. The maximum absolute atomic E-state index is 10.7. The predicted molar refractivity (Wildman–Crippen MR) is 112 cm³/mol. The first-order valence-electron chi connectivity index (χ1n) is 9.27. The molecule has 0 atom stereocenters. The van der Waals surface area contributed by atoms with Crippen LogP contribution in [0.15, 0.2) is 58.8 Å². The number of nitrogens with zero attached hydrogens (tertiary/aromatic N) is 3. The molecule has 2 N–H and O–H groups in total. The number of benzene rings is 2. The summed E-state index contributed by atoms with van der Waals surface area (Å²) in [6.45, 7) is 10.7. The van der Waals surface area contributed by atoms with Gasteiger partial charge in [-0.15, -0.1) is 10.2 Å². The van der Waals surface area contributed by atoms with Gasteiger partial charge in [-0.25, -0.2) is 0 Å². The maximum Gasteiger partial charge on any atom is 0.200 e. The molecule has 1 aromatic heterocycles. The van der Waals surface area contributed by atoms with E-state index in [-0.39, 0.29) is 22.3 Å². The number of rotatable bonds is 5. The lowest BCUT2D eigenvalue weighted by atomic mass is 9.72. The van der Waals surface area contributed by atoms with Crippen LogP contribution < -0.4 is 0 Å². The second kappa shape index (κ2) is 7.51. The van der Waals surface area contributed by atoms with Gasteiger partial charge in [-0.3, -0.25) is 4.57 Å². The zero-order valence-corrected chi connectivity index (χ0v) is 17.8. The van der Waals surface area contributed by atoms with Gasteiger partial charge in [0.25, 0.3) is 0 Å². The molecule has 148 valence electrons. The summed E-state index contributed by atoms with van der Waals surface area (Å²) in [4.78, 5) is 0.540. The van der Waals surface area contributed by atoms with Crippen molar-refractivity contribution in [2.75, 3.05) is 0 Å². The number of hydrogen-bond donors (Lipinski definition) is 2. The molecule has 0 aliphatic rings. The van der Waals surface area contributed by atoms with E-state index in [1.807, 2.05) is 34.9 Å².